The minimum absolute atomic E-state index is 0.351. The zero-order valence-corrected chi connectivity index (χ0v) is 8.49. The second kappa shape index (κ2) is 4.70. The lowest BCUT2D eigenvalue weighted by Crippen LogP contribution is -2.25. The second-order valence-corrected chi connectivity index (χ2v) is 3.14. The van der Waals surface area contributed by atoms with Crippen LogP contribution in [-0.4, -0.2) is 11.3 Å². The summed E-state index contributed by atoms with van der Waals surface area (Å²) in [6.45, 7) is 0. The van der Waals surface area contributed by atoms with Crippen LogP contribution in [-0.2, 0) is 6.18 Å². The number of alkyl halides is 8. The van der Waals surface area contributed by atoms with E-state index in [0.717, 1.165) is 4.98 Å². The van der Waals surface area contributed by atoms with Crippen LogP contribution in [0.2, 0.25) is 0 Å². The first kappa shape index (κ1) is 15.2. The number of aromatic amines is 1. The SMILES string of the molecule is O=c1[nH]c(C(F)(F)F)cc(OC(F)(F)F)c1C(F)F. The van der Waals surface area contributed by atoms with Crippen molar-refractivity contribution in [2.75, 3.05) is 0 Å². The zero-order valence-electron chi connectivity index (χ0n) is 8.49. The molecule has 1 rings (SSSR count). The Morgan fingerprint density at radius 3 is 2.00 bits per heavy atom. The highest BCUT2D eigenvalue weighted by Gasteiger charge is 2.38. The molecule has 0 spiro atoms. The highest BCUT2D eigenvalue weighted by Crippen LogP contribution is 2.35. The quantitative estimate of drug-likeness (QED) is 0.852. The number of rotatable bonds is 2. The second-order valence-electron chi connectivity index (χ2n) is 3.14. The average Bonchev–Trinajstić information content (AvgIpc) is 2.11. The fourth-order valence-electron chi connectivity index (χ4n) is 1.11. The van der Waals surface area contributed by atoms with Gasteiger partial charge in [0.2, 0.25) is 0 Å². The molecule has 11 heteroatoms. The van der Waals surface area contributed by atoms with Crippen molar-refractivity contribution in [2.24, 2.45) is 0 Å². The summed E-state index contributed by atoms with van der Waals surface area (Å²) in [6, 6.07) is -0.351. The van der Waals surface area contributed by atoms with Crippen LogP contribution in [0.5, 0.6) is 5.75 Å². The fraction of sp³-hybridized carbons (Fsp3) is 0.375. The van der Waals surface area contributed by atoms with Gasteiger partial charge in [-0.15, -0.1) is 13.2 Å². The number of H-pyrrole nitrogens is 1. The van der Waals surface area contributed by atoms with Crippen LogP contribution >= 0.6 is 0 Å². The standard InChI is InChI=1S/C8H3F8NO2/c9-5(10)4-2(19-8(14,15)16)1-3(7(11,12)13)17-6(4)18/h1,5H,(H,17,18). The van der Waals surface area contributed by atoms with Gasteiger partial charge in [-0.2, -0.15) is 13.2 Å². The molecule has 1 aromatic rings. The first-order valence-corrected chi connectivity index (χ1v) is 4.30. The molecule has 1 aromatic heterocycles. The van der Waals surface area contributed by atoms with E-state index in [1.54, 1.807) is 0 Å². The van der Waals surface area contributed by atoms with Crippen LogP contribution < -0.4 is 10.3 Å². The Morgan fingerprint density at radius 2 is 1.63 bits per heavy atom. The zero-order chi connectivity index (χ0) is 15.0. The molecule has 0 aliphatic carbocycles. The van der Waals surface area contributed by atoms with Gasteiger partial charge in [0.05, 0.1) is 0 Å². The van der Waals surface area contributed by atoms with E-state index in [2.05, 4.69) is 4.74 Å². The predicted octanol–water partition coefficient (Wildman–Crippen LogP) is 3.23. The third kappa shape index (κ3) is 3.83. The molecule has 0 saturated heterocycles. The summed E-state index contributed by atoms with van der Waals surface area (Å²) in [7, 11) is 0. The van der Waals surface area contributed by atoms with Crippen molar-refractivity contribution in [1.29, 1.82) is 0 Å². The summed E-state index contributed by atoms with van der Waals surface area (Å²) < 4.78 is 100. The van der Waals surface area contributed by atoms with Gasteiger partial charge >= 0.3 is 12.5 Å². The molecule has 0 unspecified atom stereocenters. The Morgan fingerprint density at radius 1 is 1.11 bits per heavy atom. The van der Waals surface area contributed by atoms with Crippen LogP contribution in [0, 0.1) is 0 Å². The van der Waals surface area contributed by atoms with Crippen molar-refractivity contribution in [1.82, 2.24) is 4.98 Å². The van der Waals surface area contributed by atoms with Gasteiger partial charge in [0, 0.05) is 6.07 Å². The van der Waals surface area contributed by atoms with Crippen molar-refractivity contribution in [3.05, 3.63) is 27.7 Å². The van der Waals surface area contributed by atoms with Crippen molar-refractivity contribution >= 4 is 0 Å². The third-order valence-corrected chi connectivity index (χ3v) is 1.78. The molecule has 1 N–H and O–H groups in total. The molecule has 0 atom stereocenters. The molecular formula is C8H3F8NO2. The predicted molar refractivity (Wildman–Crippen MR) is 43.7 cm³/mol. The van der Waals surface area contributed by atoms with Crippen LogP contribution in [0.1, 0.15) is 17.7 Å². The normalized spacial score (nSPS) is 12.9. The minimum atomic E-state index is -5.51. The largest absolute Gasteiger partial charge is 0.573 e. The lowest BCUT2D eigenvalue weighted by molar-refractivity contribution is -0.275. The fourth-order valence-corrected chi connectivity index (χ4v) is 1.11. The van der Waals surface area contributed by atoms with Gasteiger partial charge < -0.3 is 9.72 Å². The van der Waals surface area contributed by atoms with E-state index in [0.29, 0.717) is 0 Å². The molecule has 0 aromatic carbocycles. The summed E-state index contributed by atoms with van der Waals surface area (Å²) >= 11 is 0. The number of halogens is 8. The molecule has 3 nitrogen and oxygen atoms in total. The number of ether oxygens (including phenoxy) is 1. The van der Waals surface area contributed by atoms with Crippen molar-refractivity contribution in [2.45, 2.75) is 19.0 Å². The first-order chi connectivity index (χ1) is 8.42. The summed E-state index contributed by atoms with van der Waals surface area (Å²) in [6.07, 6.45) is -14.5. The number of nitrogens with one attached hydrogen (secondary N) is 1. The Bertz CT molecular complexity index is 515. The van der Waals surface area contributed by atoms with Crippen molar-refractivity contribution < 1.29 is 39.9 Å². The molecule has 108 valence electrons. The topological polar surface area (TPSA) is 42.1 Å². The van der Waals surface area contributed by atoms with E-state index < -0.39 is 41.5 Å². The van der Waals surface area contributed by atoms with E-state index in [-0.39, 0.29) is 6.07 Å². The lowest BCUT2D eigenvalue weighted by Gasteiger charge is -2.14. The Balaban J connectivity index is 3.47. The summed E-state index contributed by atoms with van der Waals surface area (Å²) in [5, 5.41) is 0. The van der Waals surface area contributed by atoms with Crippen LogP contribution in [0.3, 0.4) is 0 Å². The lowest BCUT2D eigenvalue weighted by atomic mass is 10.2. The smallest absolute Gasteiger partial charge is 0.405 e. The minimum Gasteiger partial charge on any atom is -0.405 e. The number of hydrogen-bond acceptors (Lipinski definition) is 2. The number of hydrogen-bond donors (Lipinski definition) is 1. The monoisotopic (exact) mass is 297 g/mol. The molecule has 0 aliphatic heterocycles. The van der Waals surface area contributed by atoms with Crippen LogP contribution in [0.15, 0.2) is 10.9 Å². The first-order valence-electron chi connectivity index (χ1n) is 4.30. The Kier molecular flexibility index (Phi) is 3.77. The highest BCUT2D eigenvalue weighted by molar-refractivity contribution is 5.35. The molecule has 19 heavy (non-hydrogen) atoms. The summed E-state index contributed by atoms with van der Waals surface area (Å²) in [5.74, 6) is -1.89. The van der Waals surface area contributed by atoms with E-state index in [1.165, 1.54) is 0 Å². The Hall–Kier alpha value is -1.81. The summed E-state index contributed by atoms with van der Waals surface area (Å²) in [5.41, 5.74) is -5.77. The number of pyridine rings is 1. The highest BCUT2D eigenvalue weighted by atomic mass is 19.4. The maximum atomic E-state index is 12.3. The molecule has 0 aliphatic rings. The van der Waals surface area contributed by atoms with Gasteiger partial charge in [-0.25, -0.2) is 8.78 Å². The molecule has 0 bridgehead atoms. The Labute approximate surface area is 98.3 Å². The molecule has 0 amide bonds. The van der Waals surface area contributed by atoms with E-state index >= 15 is 0 Å². The molecular weight excluding hydrogens is 294 g/mol. The van der Waals surface area contributed by atoms with Gasteiger partial charge in [0.1, 0.15) is 17.0 Å². The van der Waals surface area contributed by atoms with E-state index in [9.17, 15) is 39.9 Å². The van der Waals surface area contributed by atoms with Crippen molar-refractivity contribution in [3.8, 4) is 5.75 Å². The maximum absolute atomic E-state index is 12.3. The van der Waals surface area contributed by atoms with Gasteiger partial charge in [0.15, 0.2) is 0 Å². The van der Waals surface area contributed by atoms with E-state index in [1.807, 2.05) is 0 Å². The van der Waals surface area contributed by atoms with Gasteiger partial charge in [0.25, 0.3) is 12.0 Å². The van der Waals surface area contributed by atoms with Gasteiger partial charge in [-0.1, -0.05) is 0 Å². The molecule has 0 radical (unpaired) electrons. The van der Waals surface area contributed by atoms with Crippen LogP contribution in [0.25, 0.3) is 0 Å². The van der Waals surface area contributed by atoms with Gasteiger partial charge in [-0.05, 0) is 0 Å². The van der Waals surface area contributed by atoms with Crippen molar-refractivity contribution in [3.63, 3.8) is 0 Å². The van der Waals surface area contributed by atoms with E-state index in [4.69, 9.17) is 0 Å². The van der Waals surface area contributed by atoms with Gasteiger partial charge in [-0.3, -0.25) is 4.79 Å². The number of aromatic nitrogens is 1. The molecule has 1 heterocycles. The molecule has 0 saturated carbocycles. The molecule has 0 fully saturated rings. The van der Waals surface area contributed by atoms with Crippen LogP contribution in [0.4, 0.5) is 35.1 Å². The summed E-state index contributed by atoms with van der Waals surface area (Å²) in [4.78, 5) is 12.0. The maximum Gasteiger partial charge on any atom is 0.573 e. The third-order valence-electron chi connectivity index (χ3n) is 1.78. The average molecular weight is 297 g/mol.